The van der Waals surface area contributed by atoms with Crippen LogP contribution in [0.1, 0.15) is 24.5 Å². The van der Waals surface area contributed by atoms with E-state index in [1.165, 1.54) is 11.1 Å². The molecule has 2 nitrogen and oxygen atoms in total. The lowest BCUT2D eigenvalue weighted by Crippen LogP contribution is -2.40. The van der Waals surface area contributed by atoms with E-state index < -0.39 is 5.54 Å². The van der Waals surface area contributed by atoms with Crippen molar-refractivity contribution in [2.24, 2.45) is 5.73 Å². The molecule has 0 saturated heterocycles. The molecule has 0 aliphatic rings. The highest BCUT2D eigenvalue weighted by atomic mass is 16.3. The lowest BCUT2D eigenvalue weighted by Gasteiger charge is -2.21. The van der Waals surface area contributed by atoms with Gasteiger partial charge < -0.3 is 10.8 Å². The van der Waals surface area contributed by atoms with Crippen molar-refractivity contribution < 1.29 is 5.11 Å². The molecule has 1 rings (SSSR count). The van der Waals surface area contributed by atoms with Crippen molar-refractivity contribution in [3.05, 3.63) is 35.4 Å². The molecule has 14 heavy (non-hydrogen) atoms. The Bertz CT molecular complexity index is 277. The number of hydrogen-bond donors (Lipinski definition) is 2. The zero-order valence-electron chi connectivity index (χ0n) is 8.96. The Kier molecular flexibility index (Phi) is 3.67. The first-order valence-electron chi connectivity index (χ1n) is 4.99. The van der Waals surface area contributed by atoms with Crippen LogP contribution in [0.3, 0.4) is 0 Å². The highest BCUT2D eigenvalue weighted by Gasteiger charge is 2.16. The lowest BCUT2D eigenvalue weighted by molar-refractivity contribution is 0.200. The van der Waals surface area contributed by atoms with Gasteiger partial charge in [-0.3, -0.25) is 0 Å². The second kappa shape index (κ2) is 4.58. The van der Waals surface area contributed by atoms with Crippen LogP contribution in [0.2, 0.25) is 0 Å². The van der Waals surface area contributed by atoms with Crippen LogP contribution in [0.5, 0.6) is 0 Å². The Morgan fingerprint density at radius 3 is 2.36 bits per heavy atom. The van der Waals surface area contributed by atoms with E-state index in [1.54, 1.807) is 0 Å². The molecular formula is C12H19NO. The van der Waals surface area contributed by atoms with E-state index in [0.717, 1.165) is 12.8 Å². The third-order valence-electron chi connectivity index (χ3n) is 2.47. The summed E-state index contributed by atoms with van der Waals surface area (Å²) in [5, 5.41) is 8.99. The number of nitrogens with two attached hydrogens (primary N) is 1. The van der Waals surface area contributed by atoms with E-state index in [-0.39, 0.29) is 6.61 Å². The predicted octanol–water partition coefficient (Wildman–Crippen LogP) is 1.64. The van der Waals surface area contributed by atoms with Crippen LogP contribution >= 0.6 is 0 Å². The molecular weight excluding hydrogens is 174 g/mol. The Morgan fingerprint density at radius 1 is 1.29 bits per heavy atom. The smallest absolute Gasteiger partial charge is 0.0608 e. The fourth-order valence-electron chi connectivity index (χ4n) is 1.26. The standard InChI is InChI=1S/C12H19NO/c1-10-3-5-11(6-4-10)7-8-12(2,13)9-14/h3-6,14H,7-9,13H2,1-2H3/t12-/m1/s1. The van der Waals surface area contributed by atoms with Gasteiger partial charge >= 0.3 is 0 Å². The van der Waals surface area contributed by atoms with Crippen LogP contribution in [0, 0.1) is 6.92 Å². The average Bonchev–Trinajstić information content (AvgIpc) is 2.17. The Labute approximate surface area is 85.8 Å². The normalized spacial score (nSPS) is 15.1. The molecule has 78 valence electrons. The van der Waals surface area contributed by atoms with Crippen molar-refractivity contribution in [1.82, 2.24) is 0 Å². The van der Waals surface area contributed by atoms with Crippen LogP contribution < -0.4 is 5.73 Å². The highest BCUT2D eigenvalue weighted by Crippen LogP contribution is 2.11. The lowest BCUT2D eigenvalue weighted by atomic mass is 9.95. The van der Waals surface area contributed by atoms with Gasteiger partial charge in [0.1, 0.15) is 0 Å². The minimum atomic E-state index is -0.453. The predicted molar refractivity (Wildman–Crippen MR) is 59.2 cm³/mol. The van der Waals surface area contributed by atoms with Crippen molar-refractivity contribution in [3.63, 3.8) is 0 Å². The Balaban J connectivity index is 2.50. The summed E-state index contributed by atoms with van der Waals surface area (Å²) in [6, 6.07) is 8.43. The first kappa shape index (κ1) is 11.2. The van der Waals surface area contributed by atoms with Crippen LogP contribution in [-0.2, 0) is 6.42 Å². The minimum absolute atomic E-state index is 0.0405. The summed E-state index contributed by atoms with van der Waals surface area (Å²) in [7, 11) is 0. The summed E-state index contributed by atoms with van der Waals surface area (Å²) in [5.41, 5.74) is 7.94. The SMILES string of the molecule is Cc1ccc(CC[C@@](C)(N)CO)cc1. The van der Waals surface area contributed by atoms with Crippen molar-refractivity contribution in [1.29, 1.82) is 0 Å². The summed E-state index contributed by atoms with van der Waals surface area (Å²) in [6.45, 7) is 3.99. The molecule has 1 atom stereocenters. The highest BCUT2D eigenvalue weighted by molar-refractivity contribution is 5.21. The molecule has 2 heteroatoms. The van der Waals surface area contributed by atoms with Crippen molar-refractivity contribution in [2.45, 2.75) is 32.2 Å². The molecule has 0 unspecified atom stereocenters. The van der Waals surface area contributed by atoms with Crippen molar-refractivity contribution in [2.75, 3.05) is 6.61 Å². The number of aliphatic hydroxyl groups excluding tert-OH is 1. The van der Waals surface area contributed by atoms with Crippen molar-refractivity contribution >= 4 is 0 Å². The van der Waals surface area contributed by atoms with Gasteiger partial charge in [-0.2, -0.15) is 0 Å². The van der Waals surface area contributed by atoms with Gasteiger partial charge in [0.05, 0.1) is 6.61 Å². The van der Waals surface area contributed by atoms with Gasteiger partial charge in [-0.15, -0.1) is 0 Å². The zero-order valence-corrected chi connectivity index (χ0v) is 8.96. The summed E-state index contributed by atoms with van der Waals surface area (Å²) in [4.78, 5) is 0. The quantitative estimate of drug-likeness (QED) is 0.763. The van der Waals surface area contributed by atoms with Crippen molar-refractivity contribution in [3.8, 4) is 0 Å². The van der Waals surface area contributed by atoms with Gasteiger partial charge in [0.15, 0.2) is 0 Å². The largest absolute Gasteiger partial charge is 0.394 e. The molecule has 0 heterocycles. The number of aliphatic hydroxyl groups is 1. The first-order valence-corrected chi connectivity index (χ1v) is 4.99. The topological polar surface area (TPSA) is 46.2 Å². The molecule has 0 saturated carbocycles. The van der Waals surface area contributed by atoms with Crippen LogP contribution in [-0.4, -0.2) is 17.3 Å². The van der Waals surface area contributed by atoms with Gasteiger partial charge in [0, 0.05) is 5.54 Å². The molecule has 0 amide bonds. The second-order valence-electron chi connectivity index (χ2n) is 4.30. The molecule has 0 spiro atoms. The monoisotopic (exact) mass is 193 g/mol. The maximum absolute atomic E-state index is 8.99. The van der Waals surface area contributed by atoms with Gasteiger partial charge in [-0.25, -0.2) is 0 Å². The van der Waals surface area contributed by atoms with Gasteiger partial charge in [-0.1, -0.05) is 29.8 Å². The fourth-order valence-corrected chi connectivity index (χ4v) is 1.26. The summed E-state index contributed by atoms with van der Waals surface area (Å²) < 4.78 is 0. The van der Waals surface area contributed by atoms with Gasteiger partial charge in [-0.05, 0) is 32.3 Å². The molecule has 0 aromatic heterocycles. The number of hydrogen-bond acceptors (Lipinski definition) is 2. The maximum atomic E-state index is 8.99. The fraction of sp³-hybridized carbons (Fsp3) is 0.500. The Hall–Kier alpha value is -0.860. The second-order valence-corrected chi connectivity index (χ2v) is 4.30. The average molecular weight is 193 g/mol. The van der Waals surface area contributed by atoms with Gasteiger partial charge in [0.25, 0.3) is 0 Å². The van der Waals surface area contributed by atoms with Gasteiger partial charge in [0.2, 0.25) is 0 Å². The van der Waals surface area contributed by atoms with E-state index in [9.17, 15) is 0 Å². The summed E-state index contributed by atoms with van der Waals surface area (Å²) in [5.74, 6) is 0. The Morgan fingerprint density at radius 2 is 1.86 bits per heavy atom. The molecule has 0 fully saturated rings. The first-order chi connectivity index (χ1) is 6.53. The molecule has 0 radical (unpaired) electrons. The molecule has 0 aliphatic heterocycles. The maximum Gasteiger partial charge on any atom is 0.0608 e. The third-order valence-corrected chi connectivity index (χ3v) is 2.47. The number of benzene rings is 1. The van der Waals surface area contributed by atoms with Crippen LogP contribution in [0.25, 0.3) is 0 Å². The van der Waals surface area contributed by atoms with E-state index in [0.29, 0.717) is 0 Å². The molecule has 0 bridgehead atoms. The number of aryl methyl sites for hydroxylation is 2. The summed E-state index contributed by atoms with van der Waals surface area (Å²) in [6.07, 6.45) is 1.74. The zero-order chi connectivity index (χ0) is 10.6. The molecule has 3 N–H and O–H groups in total. The molecule has 1 aromatic carbocycles. The van der Waals surface area contributed by atoms with E-state index in [2.05, 4.69) is 31.2 Å². The van der Waals surface area contributed by atoms with E-state index in [4.69, 9.17) is 10.8 Å². The third kappa shape index (κ3) is 3.48. The molecule has 0 aliphatic carbocycles. The molecule has 1 aromatic rings. The van der Waals surface area contributed by atoms with E-state index in [1.807, 2.05) is 6.92 Å². The minimum Gasteiger partial charge on any atom is -0.394 e. The number of rotatable bonds is 4. The van der Waals surface area contributed by atoms with Crippen LogP contribution in [0.15, 0.2) is 24.3 Å². The van der Waals surface area contributed by atoms with Crippen LogP contribution in [0.4, 0.5) is 0 Å². The summed E-state index contributed by atoms with van der Waals surface area (Å²) >= 11 is 0. The van der Waals surface area contributed by atoms with E-state index >= 15 is 0 Å².